The summed E-state index contributed by atoms with van der Waals surface area (Å²) in [5, 5.41) is 12.2. The largest absolute Gasteiger partial charge is 0.440 e. The van der Waals surface area contributed by atoms with Gasteiger partial charge in [-0.15, -0.1) is 0 Å². The first-order chi connectivity index (χ1) is 8.70. The summed E-state index contributed by atoms with van der Waals surface area (Å²) in [4.78, 5) is 4.04. The molecule has 0 amide bonds. The van der Waals surface area contributed by atoms with E-state index in [-0.39, 0.29) is 5.84 Å². The van der Waals surface area contributed by atoms with Crippen molar-refractivity contribution in [2.75, 3.05) is 0 Å². The Balaban J connectivity index is 2.10. The van der Waals surface area contributed by atoms with Gasteiger partial charge in [0.15, 0.2) is 5.84 Å². The van der Waals surface area contributed by atoms with Gasteiger partial charge in [-0.05, 0) is 24.1 Å². The number of thioether (sulfide) groups is 1. The van der Waals surface area contributed by atoms with E-state index < -0.39 is 0 Å². The van der Waals surface area contributed by atoms with E-state index in [1.165, 1.54) is 11.8 Å². The second kappa shape index (κ2) is 5.59. The molecule has 2 rings (SSSR count). The van der Waals surface area contributed by atoms with Gasteiger partial charge in [0.25, 0.3) is 5.22 Å². The number of benzene rings is 1. The molecule has 0 aliphatic rings. The fraction of sp³-hybridized carbons (Fsp3) is 0.167. The van der Waals surface area contributed by atoms with Crippen molar-refractivity contribution in [2.24, 2.45) is 10.9 Å². The van der Waals surface area contributed by atoms with Crippen LogP contribution in [0.25, 0.3) is 0 Å². The number of hydrogen-bond acceptors (Lipinski definition) is 5. The predicted octanol–water partition coefficient (Wildman–Crippen LogP) is 2.37. The summed E-state index contributed by atoms with van der Waals surface area (Å²) < 4.78 is 5.15. The molecule has 18 heavy (non-hydrogen) atoms. The van der Waals surface area contributed by atoms with E-state index in [4.69, 9.17) is 15.4 Å². The Morgan fingerprint density at radius 1 is 1.56 bits per heavy atom. The number of nitrogens with two attached hydrogens (primary N) is 1. The lowest BCUT2D eigenvalue weighted by atomic mass is 10.1. The van der Waals surface area contributed by atoms with Gasteiger partial charge in [0.05, 0.1) is 6.20 Å². The molecule has 0 saturated carbocycles. The van der Waals surface area contributed by atoms with Crippen molar-refractivity contribution >= 4 is 17.6 Å². The summed E-state index contributed by atoms with van der Waals surface area (Å²) >= 11 is 1.53. The standard InChI is InChI=1S/C12H13N3O2S/c1-8-6-9(11(13)15-16)2-3-10(8)7-18-12-14-4-5-17-12/h2-6,16H,7H2,1H3,(H2,13,15). The van der Waals surface area contributed by atoms with Crippen LogP contribution in [0.4, 0.5) is 0 Å². The maximum Gasteiger partial charge on any atom is 0.255 e. The van der Waals surface area contributed by atoms with Crippen molar-refractivity contribution in [3.63, 3.8) is 0 Å². The Labute approximate surface area is 109 Å². The molecule has 0 bridgehead atoms. The van der Waals surface area contributed by atoms with Crippen LogP contribution in [0.3, 0.4) is 0 Å². The zero-order valence-corrected chi connectivity index (χ0v) is 10.6. The number of aryl methyl sites for hydroxylation is 1. The molecule has 0 fully saturated rings. The minimum absolute atomic E-state index is 0.116. The normalized spacial score (nSPS) is 11.7. The highest BCUT2D eigenvalue weighted by molar-refractivity contribution is 7.98. The molecular formula is C12H13N3O2S. The van der Waals surface area contributed by atoms with Crippen LogP contribution in [0.2, 0.25) is 0 Å². The number of nitrogens with zero attached hydrogens (tertiary/aromatic N) is 2. The summed E-state index contributed by atoms with van der Waals surface area (Å²) in [6, 6.07) is 5.67. The first-order valence-electron chi connectivity index (χ1n) is 5.30. The molecular weight excluding hydrogens is 250 g/mol. The van der Waals surface area contributed by atoms with Gasteiger partial charge in [0, 0.05) is 11.3 Å². The predicted molar refractivity (Wildman–Crippen MR) is 69.8 cm³/mol. The number of oxazole rings is 1. The van der Waals surface area contributed by atoms with Crippen LogP contribution in [0.15, 0.2) is 45.5 Å². The summed E-state index contributed by atoms with van der Waals surface area (Å²) in [5.41, 5.74) is 8.48. The average Bonchev–Trinajstić information content (AvgIpc) is 2.89. The zero-order chi connectivity index (χ0) is 13.0. The van der Waals surface area contributed by atoms with Gasteiger partial charge < -0.3 is 15.4 Å². The topological polar surface area (TPSA) is 84.6 Å². The second-order valence-electron chi connectivity index (χ2n) is 3.71. The van der Waals surface area contributed by atoms with Crippen LogP contribution in [0.1, 0.15) is 16.7 Å². The van der Waals surface area contributed by atoms with E-state index >= 15 is 0 Å². The highest BCUT2D eigenvalue weighted by atomic mass is 32.2. The van der Waals surface area contributed by atoms with Gasteiger partial charge in [0.1, 0.15) is 6.26 Å². The summed E-state index contributed by atoms with van der Waals surface area (Å²) in [5.74, 6) is 0.882. The molecule has 1 aromatic heterocycles. The van der Waals surface area contributed by atoms with Crippen LogP contribution < -0.4 is 5.73 Å². The molecule has 6 heteroatoms. The lowest BCUT2D eigenvalue weighted by Gasteiger charge is -2.06. The number of oxime groups is 1. The van der Waals surface area contributed by atoms with E-state index in [2.05, 4.69) is 10.1 Å². The van der Waals surface area contributed by atoms with Crippen LogP contribution in [-0.2, 0) is 5.75 Å². The van der Waals surface area contributed by atoms with Gasteiger partial charge in [-0.1, -0.05) is 29.1 Å². The number of hydrogen-bond donors (Lipinski definition) is 2. The van der Waals surface area contributed by atoms with Crippen molar-refractivity contribution in [3.05, 3.63) is 47.3 Å². The molecule has 0 unspecified atom stereocenters. The first kappa shape index (κ1) is 12.5. The Kier molecular flexibility index (Phi) is 3.88. The molecule has 1 aromatic carbocycles. The minimum Gasteiger partial charge on any atom is -0.440 e. The van der Waals surface area contributed by atoms with Crippen molar-refractivity contribution < 1.29 is 9.62 Å². The van der Waals surface area contributed by atoms with Crippen LogP contribution in [0.5, 0.6) is 0 Å². The van der Waals surface area contributed by atoms with E-state index in [9.17, 15) is 0 Å². The first-order valence-corrected chi connectivity index (χ1v) is 6.29. The monoisotopic (exact) mass is 263 g/mol. The second-order valence-corrected chi connectivity index (χ2v) is 4.64. The molecule has 94 valence electrons. The summed E-state index contributed by atoms with van der Waals surface area (Å²) in [6.45, 7) is 1.99. The molecule has 3 N–H and O–H groups in total. The molecule has 0 spiro atoms. The highest BCUT2D eigenvalue weighted by Gasteiger charge is 2.05. The smallest absolute Gasteiger partial charge is 0.255 e. The van der Waals surface area contributed by atoms with E-state index in [1.807, 2.05) is 25.1 Å². The van der Waals surface area contributed by atoms with Crippen LogP contribution in [-0.4, -0.2) is 16.0 Å². The van der Waals surface area contributed by atoms with Gasteiger partial charge in [-0.2, -0.15) is 0 Å². The van der Waals surface area contributed by atoms with Gasteiger partial charge >= 0.3 is 0 Å². The summed E-state index contributed by atoms with van der Waals surface area (Å²) in [7, 11) is 0. The van der Waals surface area contributed by atoms with Gasteiger partial charge in [0.2, 0.25) is 0 Å². The lowest BCUT2D eigenvalue weighted by Crippen LogP contribution is -2.13. The van der Waals surface area contributed by atoms with Crippen molar-refractivity contribution in [1.29, 1.82) is 0 Å². The molecule has 2 aromatic rings. The fourth-order valence-electron chi connectivity index (χ4n) is 1.50. The zero-order valence-electron chi connectivity index (χ0n) is 9.83. The third-order valence-electron chi connectivity index (χ3n) is 2.51. The van der Waals surface area contributed by atoms with Gasteiger partial charge in [-0.25, -0.2) is 4.98 Å². The number of rotatable bonds is 4. The molecule has 5 nitrogen and oxygen atoms in total. The number of aromatic nitrogens is 1. The Hall–Kier alpha value is -1.95. The lowest BCUT2D eigenvalue weighted by molar-refractivity contribution is 0.318. The van der Waals surface area contributed by atoms with E-state index in [1.54, 1.807) is 12.5 Å². The van der Waals surface area contributed by atoms with Crippen molar-refractivity contribution in [3.8, 4) is 0 Å². The molecule has 0 saturated heterocycles. The third-order valence-corrected chi connectivity index (χ3v) is 3.41. The minimum atomic E-state index is 0.116. The molecule has 0 atom stereocenters. The number of amidine groups is 1. The fourth-order valence-corrected chi connectivity index (χ4v) is 2.36. The van der Waals surface area contributed by atoms with Crippen LogP contribution >= 0.6 is 11.8 Å². The van der Waals surface area contributed by atoms with Crippen LogP contribution in [0, 0.1) is 6.92 Å². The van der Waals surface area contributed by atoms with Gasteiger partial charge in [-0.3, -0.25) is 0 Å². The molecule has 0 radical (unpaired) electrons. The maximum absolute atomic E-state index is 8.61. The van der Waals surface area contributed by atoms with Crippen molar-refractivity contribution in [2.45, 2.75) is 17.9 Å². The average molecular weight is 263 g/mol. The Morgan fingerprint density at radius 3 is 3.00 bits per heavy atom. The molecule has 0 aliphatic carbocycles. The quantitative estimate of drug-likeness (QED) is 0.291. The molecule has 0 aliphatic heterocycles. The summed E-state index contributed by atoms with van der Waals surface area (Å²) in [6.07, 6.45) is 3.17. The Bertz CT molecular complexity index is 552. The van der Waals surface area contributed by atoms with E-state index in [0.29, 0.717) is 10.8 Å². The molecule has 1 heterocycles. The highest BCUT2D eigenvalue weighted by Crippen LogP contribution is 2.23. The SMILES string of the molecule is Cc1cc(/C(N)=N/O)ccc1CSc1ncco1. The Morgan fingerprint density at radius 2 is 2.39 bits per heavy atom. The third kappa shape index (κ3) is 2.84. The maximum atomic E-state index is 8.61. The van der Waals surface area contributed by atoms with E-state index in [0.717, 1.165) is 16.9 Å². The van der Waals surface area contributed by atoms with Crippen molar-refractivity contribution in [1.82, 2.24) is 4.98 Å².